The van der Waals surface area contributed by atoms with E-state index >= 15 is 0 Å². The Hall–Kier alpha value is -1.20. The molecule has 2 aromatic carbocycles. The van der Waals surface area contributed by atoms with Crippen molar-refractivity contribution in [1.29, 1.82) is 0 Å². The molecule has 0 N–H and O–H groups in total. The Balaban J connectivity index is 2.61. The van der Waals surface area contributed by atoms with Gasteiger partial charge in [0.25, 0.3) is 0 Å². The highest BCUT2D eigenvalue weighted by Gasteiger charge is 2.20. The van der Waals surface area contributed by atoms with Crippen molar-refractivity contribution in [3.63, 3.8) is 0 Å². The monoisotopic (exact) mass is 378 g/mol. The molecule has 0 saturated carbocycles. The first-order valence-corrected chi connectivity index (χ1v) is 7.53. The van der Waals surface area contributed by atoms with Crippen LogP contribution in [0.5, 0.6) is 0 Å². The molecule has 4 nitrogen and oxygen atoms in total. The molecule has 0 atom stereocenters. The van der Waals surface area contributed by atoms with E-state index in [4.69, 9.17) is 46.4 Å². The van der Waals surface area contributed by atoms with E-state index in [0.717, 1.165) is 0 Å². The van der Waals surface area contributed by atoms with E-state index in [0.29, 0.717) is 26.9 Å². The van der Waals surface area contributed by atoms with Gasteiger partial charge in [0.1, 0.15) is 10.0 Å². The van der Waals surface area contributed by atoms with Crippen LogP contribution in [0.1, 0.15) is 0 Å². The molecule has 0 radical (unpaired) electrons. The minimum absolute atomic E-state index is 0.0450. The van der Waals surface area contributed by atoms with Gasteiger partial charge in [-0.3, -0.25) is 10.1 Å². The summed E-state index contributed by atoms with van der Waals surface area (Å²) in [5, 5.41) is 11.7. The van der Waals surface area contributed by atoms with Crippen LogP contribution in [0.2, 0.25) is 20.1 Å². The lowest BCUT2D eigenvalue weighted by Gasteiger charge is -2.17. The van der Waals surface area contributed by atoms with Gasteiger partial charge in [-0.2, -0.15) is 0 Å². The molecule has 2 aromatic rings. The largest absolute Gasteiger partial charge is 0.375 e. The molecular formula is C14H10Cl4N2O2. The van der Waals surface area contributed by atoms with Gasteiger partial charge in [-0.25, -0.2) is 0 Å². The molecule has 2 rings (SSSR count). The van der Waals surface area contributed by atoms with Gasteiger partial charge >= 0.3 is 5.69 Å². The van der Waals surface area contributed by atoms with Crippen molar-refractivity contribution in [1.82, 2.24) is 0 Å². The minimum atomic E-state index is -0.621. The summed E-state index contributed by atoms with van der Waals surface area (Å²) in [7, 11) is 3.65. The molecule has 0 fully saturated rings. The zero-order valence-electron chi connectivity index (χ0n) is 11.5. The van der Waals surface area contributed by atoms with E-state index in [1.54, 1.807) is 17.0 Å². The Kier molecular flexibility index (Phi) is 5.07. The average Bonchev–Trinajstić information content (AvgIpc) is 2.35. The third kappa shape index (κ3) is 3.25. The van der Waals surface area contributed by atoms with Crippen LogP contribution in [-0.2, 0) is 0 Å². The smallest absolute Gasteiger partial charge is 0.306 e. The fraction of sp³-hybridized carbons (Fsp3) is 0.143. The summed E-state index contributed by atoms with van der Waals surface area (Å²) in [6.45, 7) is 0. The topological polar surface area (TPSA) is 46.4 Å². The van der Waals surface area contributed by atoms with Crippen LogP contribution in [-0.4, -0.2) is 19.0 Å². The van der Waals surface area contributed by atoms with Crippen molar-refractivity contribution in [2.45, 2.75) is 0 Å². The minimum Gasteiger partial charge on any atom is -0.375 e. The molecule has 116 valence electrons. The van der Waals surface area contributed by atoms with Crippen molar-refractivity contribution < 1.29 is 4.92 Å². The summed E-state index contributed by atoms with van der Waals surface area (Å²) in [4.78, 5) is 12.1. The fourth-order valence-electron chi connectivity index (χ4n) is 2.07. The van der Waals surface area contributed by atoms with E-state index in [2.05, 4.69) is 0 Å². The van der Waals surface area contributed by atoms with Crippen LogP contribution in [0.15, 0.2) is 24.3 Å². The van der Waals surface area contributed by atoms with Crippen LogP contribution in [0.4, 0.5) is 11.4 Å². The lowest BCUT2D eigenvalue weighted by molar-refractivity contribution is -0.384. The van der Waals surface area contributed by atoms with Gasteiger partial charge < -0.3 is 4.90 Å². The molecule has 0 saturated heterocycles. The lowest BCUT2D eigenvalue weighted by Crippen LogP contribution is -2.09. The van der Waals surface area contributed by atoms with Crippen LogP contribution < -0.4 is 4.90 Å². The molecule has 0 aliphatic heterocycles. The maximum atomic E-state index is 10.9. The Labute approximate surface area is 147 Å². The molecule has 0 aromatic heterocycles. The van der Waals surface area contributed by atoms with Gasteiger partial charge in [0, 0.05) is 14.1 Å². The van der Waals surface area contributed by atoms with Gasteiger partial charge in [-0.1, -0.05) is 46.4 Å². The van der Waals surface area contributed by atoms with Crippen LogP contribution in [0.25, 0.3) is 11.1 Å². The van der Waals surface area contributed by atoms with E-state index in [1.807, 2.05) is 14.1 Å². The SMILES string of the molecule is CN(C)c1c(Cl)cc(-c2cc(Cl)c([N+](=O)[O-])c(Cl)c2)cc1Cl. The number of anilines is 1. The molecule has 0 aliphatic carbocycles. The van der Waals surface area contributed by atoms with Gasteiger partial charge in [-0.15, -0.1) is 0 Å². The summed E-state index contributed by atoms with van der Waals surface area (Å²) < 4.78 is 0. The zero-order valence-corrected chi connectivity index (χ0v) is 14.6. The standard InChI is InChI=1S/C14H10Cl4N2O2/c1-19(2)13-9(15)3-7(4-10(13)16)8-5-11(17)14(20(21)22)12(18)6-8/h3-6H,1-2H3. The van der Waals surface area contributed by atoms with E-state index < -0.39 is 4.92 Å². The quantitative estimate of drug-likeness (QED) is 0.489. The van der Waals surface area contributed by atoms with Gasteiger partial charge in [0.05, 0.1) is 20.7 Å². The highest BCUT2D eigenvalue weighted by Crippen LogP contribution is 2.41. The Bertz CT molecular complexity index is 716. The third-order valence-corrected chi connectivity index (χ3v) is 4.15. The Morgan fingerprint density at radius 3 is 1.55 bits per heavy atom. The maximum absolute atomic E-state index is 10.9. The normalized spacial score (nSPS) is 10.6. The first-order valence-electron chi connectivity index (χ1n) is 6.02. The van der Waals surface area contributed by atoms with Gasteiger partial charge in [0.15, 0.2) is 0 Å². The first kappa shape index (κ1) is 17.2. The predicted molar refractivity (Wildman–Crippen MR) is 92.9 cm³/mol. The van der Waals surface area contributed by atoms with Crippen LogP contribution in [0, 0.1) is 10.1 Å². The molecule has 0 unspecified atom stereocenters. The number of nitrogens with zero attached hydrogens (tertiary/aromatic N) is 2. The number of rotatable bonds is 3. The number of hydrogen-bond acceptors (Lipinski definition) is 3. The summed E-state index contributed by atoms with van der Waals surface area (Å²) in [5.74, 6) is 0. The highest BCUT2D eigenvalue weighted by molar-refractivity contribution is 6.40. The number of nitro groups is 1. The van der Waals surface area contributed by atoms with Crippen molar-refractivity contribution in [2.24, 2.45) is 0 Å². The van der Waals surface area contributed by atoms with Gasteiger partial charge in [-0.05, 0) is 35.4 Å². The van der Waals surface area contributed by atoms with E-state index in [1.165, 1.54) is 12.1 Å². The summed E-state index contributed by atoms with van der Waals surface area (Å²) in [6.07, 6.45) is 0. The average molecular weight is 380 g/mol. The zero-order chi connectivity index (χ0) is 16.6. The van der Waals surface area contributed by atoms with Gasteiger partial charge in [0.2, 0.25) is 0 Å². The van der Waals surface area contributed by atoms with Crippen LogP contribution in [0.3, 0.4) is 0 Å². The number of halogens is 4. The summed E-state index contributed by atoms with van der Waals surface area (Å²) in [5.41, 5.74) is 1.62. The van der Waals surface area contributed by atoms with Crippen molar-refractivity contribution >= 4 is 57.8 Å². The van der Waals surface area contributed by atoms with Crippen molar-refractivity contribution in [3.8, 4) is 11.1 Å². The molecule has 0 aliphatic rings. The summed E-state index contributed by atoms with van der Waals surface area (Å²) >= 11 is 24.4. The predicted octanol–water partition coefficient (Wildman–Crippen LogP) is 5.94. The molecule has 0 bridgehead atoms. The van der Waals surface area contributed by atoms with Crippen molar-refractivity contribution in [3.05, 3.63) is 54.5 Å². The summed E-state index contributed by atoms with van der Waals surface area (Å²) in [6, 6.07) is 6.33. The third-order valence-electron chi connectivity index (χ3n) is 3.00. The Morgan fingerprint density at radius 1 is 0.864 bits per heavy atom. The van der Waals surface area contributed by atoms with E-state index in [9.17, 15) is 10.1 Å². The molecule has 0 spiro atoms. The molecule has 8 heteroatoms. The second-order valence-corrected chi connectivity index (χ2v) is 6.36. The van der Waals surface area contributed by atoms with Crippen LogP contribution >= 0.6 is 46.4 Å². The second kappa shape index (κ2) is 6.50. The molecule has 0 amide bonds. The lowest BCUT2D eigenvalue weighted by atomic mass is 10.0. The number of nitro benzene ring substituents is 1. The Morgan fingerprint density at radius 2 is 1.23 bits per heavy atom. The second-order valence-electron chi connectivity index (χ2n) is 4.73. The first-order chi connectivity index (χ1) is 10.2. The molecular weight excluding hydrogens is 370 g/mol. The van der Waals surface area contributed by atoms with Crippen molar-refractivity contribution in [2.75, 3.05) is 19.0 Å². The number of hydrogen-bond donors (Lipinski definition) is 0. The maximum Gasteiger partial charge on any atom is 0.306 e. The highest BCUT2D eigenvalue weighted by atomic mass is 35.5. The fourth-order valence-corrected chi connectivity index (χ4v) is 3.52. The molecule has 0 heterocycles. The number of benzene rings is 2. The van der Waals surface area contributed by atoms with E-state index in [-0.39, 0.29) is 15.7 Å². The molecule has 22 heavy (non-hydrogen) atoms.